The summed E-state index contributed by atoms with van der Waals surface area (Å²) in [5.41, 5.74) is -4.52. The summed E-state index contributed by atoms with van der Waals surface area (Å²) in [7, 11) is 0. The first-order valence-electron chi connectivity index (χ1n) is 10.2. The van der Waals surface area contributed by atoms with Crippen LogP contribution in [0.25, 0.3) is 0 Å². The van der Waals surface area contributed by atoms with E-state index in [9.17, 15) is 30.0 Å². The van der Waals surface area contributed by atoms with Crippen molar-refractivity contribution < 1.29 is 34.8 Å². The molecule has 4 aliphatic rings. The average Bonchev–Trinajstić information content (AvgIpc) is 3.06. The van der Waals surface area contributed by atoms with Gasteiger partial charge in [0, 0.05) is 42.4 Å². The highest BCUT2D eigenvalue weighted by molar-refractivity contribution is 6.04. The van der Waals surface area contributed by atoms with Crippen molar-refractivity contribution in [2.45, 2.75) is 63.9 Å². The monoisotopic (exact) mass is 406 g/mol. The largest absolute Gasteiger partial charge is 0.456 e. The van der Waals surface area contributed by atoms with Gasteiger partial charge in [-0.05, 0) is 18.1 Å². The summed E-state index contributed by atoms with van der Waals surface area (Å²) in [6, 6.07) is 0. The Balaban J connectivity index is 1.94. The van der Waals surface area contributed by atoms with Crippen LogP contribution in [-0.2, 0) is 14.3 Å². The Kier molecular flexibility index (Phi) is 4.13. The summed E-state index contributed by atoms with van der Waals surface area (Å²) >= 11 is 0. The van der Waals surface area contributed by atoms with E-state index in [4.69, 9.17) is 4.74 Å². The van der Waals surface area contributed by atoms with Crippen molar-refractivity contribution in [3.63, 3.8) is 0 Å². The number of hydrogen-bond donors (Lipinski definition) is 4. The Morgan fingerprint density at radius 3 is 2.45 bits per heavy atom. The molecule has 4 rings (SSSR count). The molecular weight excluding hydrogens is 376 g/mol. The fourth-order valence-electron chi connectivity index (χ4n) is 6.91. The van der Waals surface area contributed by atoms with Crippen molar-refractivity contribution in [1.82, 2.24) is 0 Å². The SMILES string of the molecule is CC(=O)O[C@@]12[C@H](O)[C@@H](C)[C@@]3(O)[C@H](C=C(CO)C[C@]4(O)C(=O)C(C)=C[C@H]34)[C@@H]1C2(C)C. The van der Waals surface area contributed by atoms with Gasteiger partial charge in [0.1, 0.15) is 11.2 Å². The fraction of sp³-hybridized carbons (Fsp3) is 0.727. The number of esters is 1. The van der Waals surface area contributed by atoms with Crippen LogP contribution in [0.4, 0.5) is 0 Å². The summed E-state index contributed by atoms with van der Waals surface area (Å²) in [6.45, 7) is 7.96. The molecule has 8 atom stereocenters. The molecule has 160 valence electrons. The van der Waals surface area contributed by atoms with Gasteiger partial charge in [-0.2, -0.15) is 0 Å². The Morgan fingerprint density at radius 2 is 1.90 bits per heavy atom. The van der Waals surface area contributed by atoms with Crippen LogP contribution in [-0.4, -0.2) is 61.7 Å². The lowest BCUT2D eigenvalue weighted by Crippen LogP contribution is -2.65. The van der Waals surface area contributed by atoms with Crippen LogP contribution in [0.2, 0.25) is 0 Å². The van der Waals surface area contributed by atoms with Crippen molar-refractivity contribution in [3.8, 4) is 0 Å². The molecule has 2 fully saturated rings. The van der Waals surface area contributed by atoms with Gasteiger partial charge in [0.25, 0.3) is 0 Å². The number of Topliss-reactive ketones (excluding diaryl/α,β-unsaturated/α-hetero) is 1. The smallest absolute Gasteiger partial charge is 0.303 e. The molecule has 0 aromatic carbocycles. The van der Waals surface area contributed by atoms with E-state index in [0.29, 0.717) is 11.1 Å². The number of ketones is 1. The normalized spacial score (nSPS) is 49.8. The Bertz CT molecular complexity index is 857. The van der Waals surface area contributed by atoms with Crippen molar-refractivity contribution in [1.29, 1.82) is 0 Å². The molecule has 0 aliphatic heterocycles. The van der Waals surface area contributed by atoms with Gasteiger partial charge in [0.15, 0.2) is 5.78 Å². The van der Waals surface area contributed by atoms with Gasteiger partial charge in [0.2, 0.25) is 0 Å². The predicted molar refractivity (Wildman–Crippen MR) is 102 cm³/mol. The molecule has 0 spiro atoms. The number of fused-ring (bicyclic) bond motifs is 5. The quantitative estimate of drug-likeness (QED) is 0.389. The molecule has 0 unspecified atom stereocenters. The molecule has 0 aromatic rings. The number of carbonyl (C=O) groups is 2. The van der Waals surface area contributed by atoms with Crippen molar-refractivity contribution >= 4 is 11.8 Å². The average molecular weight is 406 g/mol. The number of ether oxygens (including phenoxy) is 1. The maximum Gasteiger partial charge on any atom is 0.303 e. The molecule has 0 heterocycles. The van der Waals surface area contributed by atoms with Gasteiger partial charge in [-0.1, -0.05) is 32.9 Å². The zero-order valence-corrected chi connectivity index (χ0v) is 17.5. The van der Waals surface area contributed by atoms with Crippen molar-refractivity contribution in [2.24, 2.45) is 29.1 Å². The lowest BCUT2D eigenvalue weighted by atomic mass is 9.59. The number of aliphatic hydroxyl groups is 4. The highest BCUT2D eigenvalue weighted by atomic mass is 16.6. The maximum absolute atomic E-state index is 12.8. The van der Waals surface area contributed by atoms with E-state index < -0.39 is 63.7 Å². The van der Waals surface area contributed by atoms with Gasteiger partial charge < -0.3 is 25.2 Å². The third kappa shape index (κ3) is 2.17. The minimum absolute atomic E-state index is 0.0871. The van der Waals surface area contributed by atoms with Gasteiger partial charge in [-0.3, -0.25) is 9.59 Å². The Labute approximate surface area is 170 Å². The van der Waals surface area contributed by atoms with E-state index in [-0.39, 0.29) is 13.0 Å². The molecule has 7 heteroatoms. The number of carbonyl (C=O) groups excluding carboxylic acids is 2. The zero-order valence-electron chi connectivity index (χ0n) is 17.5. The van der Waals surface area contributed by atoms with Crippen LogP contribution in [0.3, 0.4) is 0 Å². The van der Waals surface area contributed by atoms with Crippen molar-refractivity contribution in [2.75, 3.05) is 6.61 Å². The summed E-state index contributed by atoms with van der Waals surface area (Å²) in [4.78, 5) is 24.7. The number of rotatable bonds is 2. The minimum atomic E-state index is -1.88. The standard InChI is InChI=1S/C22H30O7/c1-10-6-15-20(27,17(10)25)8-13(9-23)7-14-16-19(4,5)22(16,29-12(3)24)18(26)11(2)21(14,15)28/h6-7,11,14-16,18,23,26-28H,8-9H2,1-5H3/t11-,14-,15+,16-,18-,20-,21-,22-/m1/s1. The summed E-state index contributed by atoms with van der Waals surface area (Å²) < 4.78 is 5.70. The van der Waals surface area contributed by atoms with Gasteiger partial charge in [-0.15, -0.1) is 0 Å². The third-order valence-corrected chi connectivity index (χ3v) is 8.31. The molecule has 0 bridgehead atoms. The molecule has 0 saturated heterocycles. The second-order valence-electron chi connectivity index (χ2n) is 9.97. The first-order chi connectivity index (χ1) is 13.3. The molecule has 4 aliphatic carbocycles. The summed E-state index contributed by atoms with van der Waals surface area (Å²) in [5, 5.41) is 44.7. The highest BCUT2D eigenvalue weighted by Crippen LogP contribution is 2.76. The molecular formula is C22H30O7. The lowest BCUT2D eigenvalue weighted by molar-refractivity contribution is -0.218. The Morgan fingerprint density at radius 1 is 1.28 bits per heavy atom. The Hall–Kier alpha value is -1.54. The first kappa shape index (κ1) is 20.7. The third-order valence-electron chi connectivity index (χ3n) is 8.31. The van der Waals surface area contributed by atoms with E-state index in [1.807, 2.05) is 13.8 Å². The van der Waals surface area contributed by atoms with E-state index in [2.05, 4.69) is 0 Å². The van der Waals surface area contributed by atoms with Crippen LogP contribution in [0.5, 0.6) is 0 Å². The van der Waals surface area contributed by atoms with Crippen LogP contribution in [0.15, 0.2) is 23.3 Å². The molecule has 0 amide bonds. The second-order valence-corrected chi connectivity index (χ2v) is 9.97. The van der Waals surface area contributed by atoms with E-state index in [0.717, 1.165) is 0 Å². The molecule has 4 N–H and O–H groups in total. The predicted octanol–water partition coefficient (Wildman–Crippen LogP) is 0.501. The zero-order chi connectivity index (χ0) is 21.7. The molecule has 7 nitrogen and oxygen atoms in total. The van der Waals surface area contributed by atoms with Crippen LogP contribution < -0.4 is 0 Å². The maximum atomic E-state index is 12.8. The lowest BCUT2D eigenvalue weighted by Gasteiger charge is -2.52. The molecule has 0 aromatic heterocycles. The summed E-state index contributed by atoms with van der Waals surface area (Å²) in [6.07, 6.45) is 2.06. The second kappa shape index (κ2) is 5.78. The van der Waals surface area contributed by atoms with Gasteiger partial charge in [-0.25, -0.2) is 0 Å². The highest BCUT2D eigenvalue weighted by Gasteiger charge is 2.86. The van der Waals surface area contributed by atoms with E-state index in [1.54, 1.807) is 26.0 Å². The molecule has 0 radical (unpaired) electrons. The molecule has 2 saturated carbocycles. The van der Waals surface area contributed by atoms with Gasteiger partial charge >= 0.3 is 5.97 Å². The van der Waals surface area contributed by atoms with Crippen LogP contribution >= 0.6 is 0 Å². The minimum Gasteiger partial charge on any atom is -0.456 e. The first-order valence-corrected chi connectivity index (χ1v) is 10.2. The number of aliphatic hydroxyl groups excluding tert-OH is 2. The molecule has 29 heavy (non-hydrogen) atoms. The van der Waals surface area contributed by atoms with E-state index >= 15 is 0 Å². The summed E-state index contributed by atoms with van der Waals surface area (Å²) in [5.74, 6) is -3.77. The van der Waals surface area contributed by atoms with Crippen LogP contribution in [0.1, 0.15) is 41.0 Å². The van der Waals surface area contributed by atoms with Crippen LogP contribution in [0, 0.1) is 29.1 Å². The van der Waals surface area contributed by atoms with E-state index in [1.165, 1.54) is 6.92 Å². The topological polar surface area (TPSA) is 124 Å². The van der Waals surface area contributed by atoms with Gasteiger partial charge in [0.05, 0.1) is 18.3 Å². The van der Waals surface area contributed by atoms with Crippen molar-refractivity contribution in [3.05, 3.63) is 23.3 Å². The number of hydrogen-bond acceptors (Lipinski definition) is 7. The fourth-order valence-corrected chi connectivity index (χ4v) is 6.91.